The van der Waals surface area contributed by atoms with E-state index >= 15 is 0 Å². The van der Waals surface area contributed by atoms with Gasteiger partial charge >= 0.3 is 0 Å². The van der Waals surface area contributed by atoms with Crippen LogP contribution in [0.5, 0.6) is 0 Å². The average molecular weight is 197 g/mol. The van der Waals surface area contributed by atoms with Gasteiger partial charge in [-0.2, -0.15) is 0 Å². The van der Waals surface area contributed by atoms with E-state index in [-0.39, 0.29) is 0 Å². The molecule has 0 aromatic carbocycles. The second-order valence-corrected chi connectivity index (χ2v) is 5.48. The van der Waals surface area contributed by atoms with Gasteiger partial charge in [-0.15, -0.1) is 0 Å². The second kappa shape index (κ2) is 3.82. The van der Waals surface area contributed by atoms with E-state index in [0.717, 1.165) is 12.3 Å². The number of hydrogen-bond acceptors (Lipinski definition) is 2. The Balaban J connectivity index is 1.95. The molecule has 0 spiro atoms. The van der Waals surface area contributed by atoms with Crippen LogP contribution in [-0.4, -0.2) is 34.7 Å². The van der Waals surface area contributed by atoms with Gasteiger partial charge in [-0.3, -0.25) is 4.90 Å². The Labute approximate surface area is 87.3 Å². The summed E-state index contributed by atoms with van der Waals surface area (Å²) in [6, 6.07) is 0.440. The first-order chi connectivity index (χ1) is 6.59. The van der Waals surface area contributed by atoms with Crippen molar-refractivity contribution in [2.45, 2.75) is 57.6 Å². The van der Waals surface area contributed by atoms with Crippen LogP contribution in [0.4, 0.5) is 0 Å². The van der Waals surface area contributed by atoms with Crippen LogP contribution < -0.4 is 0 Å². The van der Waals surface area contributed by atoms with Crippen LogP contribution in [-0.2, 0) is 0 Å². The predicted molar refractivity (Wildman–Crippen MR) is 58.2 cm³/mol. The third-order valence-electron chi connectivity index (χ3n) is 4.14. The van der Waals surface area contributed by atoms with Crippen LogP contribution in [0.15, 0.2) is 0 Å². The molecule has 1 saturated heterocycles. The standard InChI is InChI=1S/C12H23NO/c1-10-5-8-13(9-6-10)11-4-3-7-12(11,2)14/h10-11,14H,3-9H2,1-2H3. The summed E-state index contributed by atoms with van der Waals surface area (Å²) >= 11 is 0. The summed E-state index contributed by atoms with van der Waals surface area (Å²) in [6.45, 7) is 6.75. The van der Waals surface area contributed by atoms with Crippen LogP contribution in [0, 0.1) is 5.92 Å². The van der Waals surface area contributed by atoms with Crippen LogP contribution in [0.3, 0.4) is 0 Å². The zero-order valence-electron chi connectivity index (χ0n) is 9.50. The number of rotatable bonds is 1. The third kappa shape index (κ3) is 1.96. The summed E-state index contributed by atoms with van der Waals surface area (Å²) < 4.78 is 0. The minimum atomic E-state index is -0.416. The van der Waals surface area contributed by atoms with Crippen LogP contribution >= 0.6 is 0 Å². The lowest BCUT2D eigenvalue weighted by molar-refractivity contribution is -0.0232. The molecule has 2 atom stereocenters. The molecular weight excluding hydrogens is 174 g/mol. The normalized spacial score (nSPS) is 41.8. The molecule has 1 heterocycles. The lowest BCUT2D eigenvalue weighted by Crippen LogP contribution is -2.50. The molecule has 2 nitrogen and oxygen atoms in total. The molecule has 0 aromatic rings. The molecular formula is C12H23NO. The molecule has 2 rings (SSSR count). The van der Waals surface area contributed by atoms with E-state index in [1.807, 2.05) is 6.92 Å². The van der Waals surface area contributed by atoms with Gasteiger partial charge in [0.15, 0.2) is 0 Å². The highest BCUT2D eigenvalue weighted by atomic mass is 16.3. The highest BCUT2D eigenvalue weighted by molar-refractivity contribution is 4.96. The molecule has 0 bridgehead atoms. The van der Waals surface area contributed by atoms with Crippen molar-refractivity contribution in [3.05, 3.63) is 0 Å². The minimum absolute atomic E-state index is 0.416. The average Bonchev–Trinajstić information content (AvgIpc) is 2.47. The summed E-state index contributed by atoms with van der Waals surface area (Å²) in [5, 5.41) is 10.2. The first kappa shape index (κ1) is 10.4. The Bertz CT molecular complexity index is 194. The zero-order valence-corrected chi connectivity index (χ0v) is 9.50. The molecule has 14 heavy (non-hydrogen) atoms. The molecule has 2 heteroatoms. The quantitative estimate of drug-likeness (QED) is 0.695. The van der Waals surface area contributed by atoms with Crippen LogP contribution in [0.2, 0.25) is 0 Å². The molecule has 2 aliphatic rings. The fraction of sp³-hybridized carbons (Fsp3) is 1.00. The van der Waals surface area contributed by atoms with Crippen molar-refractivity contribution in [2.75, 3.05) is 13.1 Å². The van der Waals surface area contributed by atoms with Crippen molar-refractivity contribution in [3.63, 3.8) is 0 Å². The largest absolute Gasteiger partial charge is 0.389 e. The Hall–Kier alpha value is -0.0800. The van der Waals surface area contributed by atoms with Gasteiger partial charge in [0.05, 0.1) is 5.60 Å². The van der Waals surface area contributed by atoms with Crippen molar-refractivity contribution in [1.29, 1.82) is 0 Å². The van der Waals surface area contributed by atoms with Gasteiger partial charge in [0.1, 0.15) is 0 Å². The van der Waals surface area contributed by atoms with Crippen molar-refractivity contribution in [3.8, 4) is 0 Å². The van der Waals surface area contributed by atoms with Gasteiger partial charge in [0.2, 0.25) is 0 Å². The van der Waals surface area contributed by atoms with Crippen LogP contribution in [0.1, 0.15) is 46.0 Å². The van der Waals surface area contributed by atoms with E-state index < -0.39 is 5.60 Å². The molecule has 0 amide bonds. The van der Waals surface area contributed by atoms with Gasteiger partial charge < -0.3 is 5.11 Å². The molecule has 82 valence electrons. The molecule has 0 aromatic heterocycles. The highest BCUT2D eigenvalue weighted by Gasteiger charge is 2.40. The molecule has 1 aliphatic heterocycles. The smallest absolute Gasteiger partial charge is 0.0774 e. The van der Waals surface area contributed by atoms with E-state index in [9.17, 15) is 5.11 Å². The van der Waals surface area contributed by atoms with Gasteiger partial charge in [-0.05, 0) is 58.0 Å². The number of nitrogens with zero attached hydrogens (tertiary/aromatic N) is 1. The van der Waals surface area contributed by atoms with Crippen molar-refractivity contribution < 1.29 is 5.11 Å². The Morgan fingerprint density at radius 1 is 1.21 bits per heavy atom. The summed E-state index contributed by atoms with van der Waals surface area (Å²) in [5.41, 5.74) is -0.416. The van der Waals surface area contributed by atoms with Crippen molar-refractivity contribution in [1.82, 2.24) is 4.90 Å². The SMILES string of the molecule is CC1CCN(C2CCCC2(C)O)CC1. The summed E-state index contributed by atoms with van der Waals surface area (Å²) in [7, 11) is 0. The van der Waals surface area contributed by atoms with Crippen molar-refractivity contribution in [2.24, 2.45) is 5.92 Å². The monoisotopic (exact) mass is 197 g/mol. The van der Waals surface area contributed by atoms with E-state index in [1.54, 1.807) is 0 Å². The topological polar surface area (TPSA) is 23.5 Å². The summed E-state index contributed by atoms with van der Waals surface area (Å²) in [6.07, 6.45) is 6.01. The molecule has 1 N–H and O–H groups in total. The molecule has 1 saturated carbocycles. The lowest BCUT2D eigenvalue weighted by Gasteiger charge is -2.40. The minimum Gasteiger partial charge on any atom is -0.389 e. The number of aliphatic hydroxyl groups is 1. The third-order valence-corrected chi connectivity index (χ3v) is 4.14. The number of piperidine rings is 1. The maximum absolute atomic E-state index is 10.2. The fourth-order valence-corrected chi connectivity index (χ4v) is 3.05. The maximum atomic E-state index is 10.2. The first-order valence-corrected chi connectivity index (χ1v) is 6.06. The summed E-state index contributed by atoms with van der Waals surface area (Å²) in [5.74, 6) is 0.887. The van der Waals surface area contributed by atoms with E-state index in [4.69, 9.17) is 0 Å². The number of hydrogen-bond donors (Lipinski definition) is 1. The summed E-state index contributed by atoms with van der Waals surface area (Å²) in [4.78, 5) is 2.52. The van der Waals surface area contributed by atoms with Gasteiger partial charge in [-0.1, -0.05) is 6.92 Å². The predicted octanol–water partition coefficient (Wildman–Crippen LogP) is 2.02. The van der Waals surface area contributed by atoms with Gasteiger partial charge in [0, 0.05) is 6.04 Å². The second-order valence-electron chi connectivity index (χ2n) is 5.48. The van der Waals surface area contributed by atoms with E-state index in [0.29, 0.717) is 6.04 Å². The van der Waals surface area contributed by atoms with Gasteiger partial charge in [-0.25, -0.2) is 0 Å². The highest BCUT2D eigenvalue weighted by Crippen LogP contribution is 2.35. The maximum Gasteiger partial charge on any atom is 0.0774 e. The van der Waals surface area contributed by atoms with Crippen molar-refractivity contribution >= 4 is 0 Å². The Morgan fingerprint density at radius 3 is 2.36 bits per heavy atom. The number of likely N-dealkylation sites (tertiary alicyclic amines) is 1. The molecule has 0 radical (unpaired) electrons. The fourth-order valence-electron chi connectivity index (χ4n) is 3.05. The first-order valence-electron chi connectivity index (χ1n) is 6.06. The molecule has 1 aliphatic carbocycles. The molecule has 2 fully saturated rings. The Kier molecular flexibility index (Phi) is 2.85. The zero-order chi connectivity index (χ0) is 10.2. The molecule has 2 unspecified atom stereocenters. The van der Waals surface area contributed by atoms with E-state index in [2.05, 4.69) is 11.8 Å². The van der Waals surface area contributed by atoms with Gasteiger partial charge in [0.25, 0.3) is 0 Å². The lowest BCUT2D eigenvalue weighted by atomic mass is 9.93. The van der Waals surface area contributed by atoms with E-state index in [1.165, 1.54) is 38.8 Å². The Morgan fingerprint density at radius 2 is 1.86 bits per heavy atom. The van der Waals surface area contributed by atoms with Crippen LogP contribution in [0.25, 0.3) is 0 Å².